The number of nitrogens with zero attached hydrogens (tertiary/aromatic N) is 1. The van der Waals surface area contributed by atoms with Crippen LogP contribution in [0.3, 0.4) is 0 Å². The maximum absolute atomic E-state index is 11.7. The second-order valence-corrected chi connectivity index (χ2v) is 4.41. The monoisotopic (exact) mass is 210 g/mol. The minimum atomic E-state index is -0.456. The van der Waals surface area contributed by atoms with Gasteiger partial charge in [0.05, 0.1) is 0 Å². The number of rotatable bonds is 1. The number of carbonyl (C=O) groups excluding carboxylic acids is 1. The van der Waals surface area contributed by atoms with Crippen molar-refractivity contribution in [1.82, 2.24) is 10.2 Å². The molecule has 0 atom stereocenters. The van der Waals surface area contributed by atoms with E-state index in [1.165, 1.54) is 4.90 Å². The SMILES string of the molecule is CN(C(=O)OC(C)(C)C)C1=CCNC=C1. The Hall–Kier alpha value is -1.45. The van der Waals surface area contributed by atoms with Crippen LogP contribution < -0.4 is 5.32 Å². The molecule has 0 fully saturated rings. The Kier molecular flexibility index (Phi) is 3.39. The summed E-state index contributed by atoms with van der Waals surface area (Å²) in [5, 5.41) is 3.02. The summed E-state index contributed by atoms with van der Waals surface area (Å²) in [5.74, 6) is 0. The third-order valence-corrected chi connectivity index (χ3v) is 1.86. The van der Waals surface area contributed by atoms with Crippen molar-refractivity contribution in [3.8, 4) is 0 Å². The van der Waals surface area contributed by atoms with Crippen LogP contribution >= 0.6 is 0 Å². The minimum absolute atomic E-state index is 0.333. The highest BCUT2D eigenvalue weighted by atomic mass is 16.6. The summed E-state index contributed by atoms with van der Waals surface area (Å²) >= 11 is 0. The normalized spacial score (nSPS) is 15.3. The van der Waals surface area contributed by atoms with E-state index in [1.807, 2.05) is 39.1 Å². The quantitative estimate of drug-likeness (QED) is 0.718. The summed E-state index contributed by atoms with van der Waals surface area (Å²) in [6.07, 6.45) is 5.26. The van der Waals surface area contributed by atoms with E-state index in [9.17, 15) is 4.79 Å². The Morgan fingerprint density at radius 2 is 2.20 bits per heavy atom. The van der Waals surface area contributed by atoms with E-state index >= 15 is 0 Å². The molecular weight excluding hydrogens is 192 g/mol. The van der Waals surface area contributed by atoms with Crippen LogP contribution in [0.5, 0.6) is 0 Å². The van der Waals surface area contributed by atoms with Gasteiger partial charge in [0.1, 0.15) is 5.60 Å². The highest BCUT2D eigenvalue weighted by molar-refractivity contribution is 5.70. The predicted molar refractivity (Wildman–Crippen MR) is 59.2 cm³/mol. The van der Waals surface area contributed by atoms with E-state index in [1.54, 1.807) is 7.05 Å². The highest BCUT2D eigenvalue weighted by Gasteiger charge is 2.21. The van der Waals surface area contributed by atoms with Gasteiger partial charge in [0.2, 0.25) is 0 Å². The van der Waals surface area contributed by atoms with Gasteiger partial charge < -0.3 is 10.1 Å². The van der Waals surface area contributed by atoms with Crippen LogP contribution in [0.25, 0.3) is 0 Å². The molecule has 4 heteroatoms. The van der Waals surface area contributed by atoms with Crippen LogP contribution in [0, 0.1) is 0 Å². The number of hydrogen-bond acceptors (Lipinski definition) is 3. The van der Waals surface area contributed by atoms with Gasteiger partial charge in [0, 0.05) is 19.3 Å². The molecule has 4 nitrogen and oxygen atoms in total. The largest absolute Gasteiger partial charge is 0.443 e. The molecule has 15 heavy (non-hydrogen) atoms. The highest BCUT2D eigenvalue weighted by Crippen LogP contribution is 2.13. The van der Waals surface area contributed by atoms with Crippen LogP contribution in [0.1, 0.15) is 20.8 Å². The summed E-state index contributed by atoms with van der Waals surface area (Å²) < 4.78 is 5.24. The van der Waals surface area contributed by atoms with E-state index in [0.29, 0.717) is 0 Å². The zero-order chi connectivity index (χ0) is 11.5. The van der Waals surface area contributed by atoms with Crippen molar-refractivity contribution in [2.24, 2.45) is 0 Å². The summed E-state index contributed by atoms with van der Waals surface area (Å²) in [6, 6.07) is 0. The fourth-order valence-electron chi connectivity index (χ4n) is 1.13. The minimum Gasteiger partial charge on any atom is -0.443 e. The van der Waals surface area contributed by atoms with Crippen molar-refractivity contribution < 1.29 is 9.53 Å². The van der Waals surface area contributed by atoms with Crippen LogP contribution in [-0.4, -0.2) is 30.2 Å². The summed E-state index contributed by atoms with van der Waals surface area (Å²) in [7, 11) is 1.70. The van der Waals surface area contributed by atoms with Gasteiger partial charge in [0.25, 0.3) is 0 Å². The first-order valence-electron chi connectivity index (χ1n) is 4.97. The van der Waals surface area contributed by atoms with Gasteiger partial charge in [-0.2, -0.15) is 0 Å². The fraction of sp³-hybridized carbons (Fsp3) is 0.545. The van der Waals surface area contributed by atoms with Gasteiger partial charge in [-0.15, -0.1) is 0 Å². The number of nitrogens with one attached hydrogen (secondary N) is 1. The van der Waals surface area contributed by atoms with Gasteiger partial charge in [-0.3, -0.25) is 4.90 Å². The lowest BCUT2D eigenvalue weighted by Crippen LogP contribution is -2.34. The van der Waals surface area contributed by atoms with Crippen LogP contribution in [0.2, 0.25) is 0 Å². The molecule has 0 saturated heterocycles. The lowest BCUT2D eigenvalue weighted by Gasteiger charge is -2.26. The third-order valence-electron chi connectivity index (χ3n) is 1.86. The molecule has 0 saturated carbocycles. The van der Waals surface area contributed by atoms with E-state index in [0.717, 1.165) is 12.2 Å². The molecule has 0 aliphatic carbocycles. The Morgan fingerprint density at radius 3 is 2.67 bits per heavy atom. The average molecular weight is 210 g/mol. The molecule has 1 heterocycles. The second kappa shape index (κ2) is 4.38. The van der Waals surface area contributed by atoms with Crippen LogP contribution in [0.4, 0.5) is 4.79 Å². The number of ether oxygens (including phenoxy) is 1. The molecule has 0 bridgehead atoms. The molecule has 0 aromatic rings. The fourth-order valence-corrected chi connectivity index (χ4v) is 1.13. The molecule has 1 aliphatic heterocycles. The number of amides is 1. The Labute approximate surface area is 90.6 Å². The maximum Gasteiger partial charge on any atom is 0.414 e. The van der Waals surface area contributed by atoms with E-state index in [-0.39, 0.29) is 6.09 Å². The zero-order valence-electron chi connectivity index (χ0n) is 9.70. The molecule has 1 aliphatic rings. The molecule has 1 N–H and O–H groups in total. The molecule has 0 radical (unpaired) electrons. The van der Waals surface area contributed by atoms with Crippen molar-refractivity contribution in [3.63, 3.8) is 0 Å². The van der Waals surface area contributed by atoms with Gasteiger partial charge in [-0.1, -0.05) is 0 Å². The average Bonchev–Trinajstić information content (AvgIpc) is 2.15. The first-order valence-corrected chi connectivity index (χ1v) is 4.97. The van der Waals surface area contributed by atoms with Crippen LogP contribution in [0.15, 0.2) is 24.0 Å². The van der Waals surface area contributed by atoms with Crippen molar-refractivity contribution in [2.45, 2.75) is 26.4 Å². The number of likely N-dealkylation sites (N-methyl/N-ethyl adjacent to an activating group) is 1. The number of dihydropyridines is 1. The van der Waals surface area contributed by atoms with Crippen LogP contribution in [-0.2, 0) is 4.74 Å². The first kappa shape index (κ1) is 11.6. The van der Waals surface area contributed by atoms with Gasteiger partial charge in [-0.25, -0.2) is 4.79 Å². The standard InChI is InChI=1S/C11H18N2O2/c1-11(2,3)15-10(14)13(4)9-5-7-12-8-6-9/h5-7,12H,8H2,1-4H3. The Morgan fingerprint density at radius 1 is 1.53 bits per heavy atom. The van der Waals surface area contributed by atoms with Crippen molar-refractivity contribution >= 4 is 6.09 Å². The molecule has 0 aromatic carbocycles. The topological polar surface area (TPSA) is 41.6 Å². The smallest absolute Gasteiger partial charge is 0.414 e. The zero-order valence-corrected chi connectivity index (χ0v) is 9.70. The summed E-state index contributed by atoms with van der Waals surface area (Å²) in [6.45, 7) is 6.29. The van der Waals surface area contributed by atoms with Crippen molar-refractivity contribution in [1.29, 1.82) is 0 Å². The molecule has 1 amide bonds. The van der Waals surface area contributed by atoms with E-state index in [4.69, 9.17) is 4.74 Å². The van der Waals surface area contributed by atoms with Crippen molar-refractivity contribution in [2.75, 3.05) is 13.6 Å². The lowest BCUT2D eigenvalue weighted by molar-refractivity contribution is 0.0358. The van der Waals surface area contributed by atoms with E-state index < -0.39 is 5.60 Å². The van der Waals surface area contributed by atoms with Gasteiger partial charge in [0.15, 0.2) is 0 Å². The number of carbonyl (C=O) groups is 1. The molecule has 0 unspecified atom stereocenters. The lowest BCUT2D eigenvalue weighted by atomic mass is 10.2. The molecule has 1 rings (SSSR count). The first-order chi connectivity index (χ1) is 6.90. The Balaban J connectivity index is 2.60. The summed E-state index contributed by atoms with van der Waals surface area (Å²) in [4.78, 5) is 13.2. The van der Waals surface area contributed by atoms with Gasteiger partial charge >= 0.3 is 6.09 Å². The molecule has 84 valence electrons. The van der Waals surface area contributed by atoms with Gasteiger partial charge in [-0.05, 0) is 39.1 Å². The molecular formula is C11H18N2O2. The number of hydrogen-bond donors (Lipinski definition) is 1. The predicted octanol–water partition coefficient (Wildman–Crippen LogP) is 1.85. The summed E-state index contributed by atoms with van der Waals surface area (Å²) in [5.41, 5.74) is 0.394. The van der Waals surface area contributed by atoms with Crippen molar-refractivity contribution in [3.05, 3.63) is 24.0 Å². The number of allylic oxidation sites excluding steroid dienone is 1. The second-order valence-electron chi connectivity index (χ2n) is 4.41. The Bertz CT molecular complexity index is 300. The third kappa shape index (κ3) is 3.65. The molecule has 0 spiro atoms. The maximum atomic E-state index is 11.7. The van der Waals surface area contributed by atoms with E-state index in [2.05, 4.69) is 5.32 Å². The molecule has 0 aromatic heterocycles.